The Labute approximate surface area is 172 Å². The first-order chi connectivity index (χ1) is 14.1. The topological polar surface area (TPSA) is 82.5 Å². The molecule has 0 unspecified atom stereocenters. The second-order valence-electron chi connectivity index (χ2n) is 6.65. The van der Waals surface area contributed by atoms with Crippen LogP contribution in [0.15, 0.2) is 52.4 Å². The summed E-state index contributed by atoms with van der Waals surface area (Å²) < 4.78 is 12.3. The van der Waals surface area contributed by atoms with Crippen molar-refractivity contribution < 1.29 is 14.3 Å². The SMILES string of the molecule is CCn1c(SCC(=O)N[C@H](C)c2ccc3c(c2)OCO3)nc2ccccc2c1=O. The maximum atomic E-state index is 12.7. The highest BCUT2D eigenvalue weighted by atomic mass is 32.2. The molecule has 0 fully saturated rings. The minimum atomic E-state index is -0.185. The van der Waals surface area contributed by atoms with Crippen molar-refractivity contribution in [3.05, 3.63) is 58.4 Å². The van der Waals surface area contributed by atoms with E-state index >= 15 is 0 Å². The summed E-state index contributed by atoms with van der Waals surface area (Å²) in [6, 6.07) is 12.7. The van der Waals surface area contributed by atoms with Crippen molar-refractivity contribution in [2.45, 2.75) is 31.6 Å². The number of hydrogen-bond donors (Lipinski definition) is 1. The van der Waals surface area contributed by atoms with Gasteiger partial charge in [0, 0.05) is 6.54 Å². The molecule has 0 saturated carbocycles. The minimum absolute atomic E-state index is 0.0882. The van der Waals surface area contributed by atoms with Gasteiger partial charge in [0.15, 0.2) is 16.7 Å². The Bertz CT molecular complexity index is 1130. The molecule has 1 N–H and O–H groups in total. The second kappa shape index (κ2) is 8.16. The largest absolute Gasteiger partial charge is 0.454 e. The average molecular weight is 411 g/mol. The molecule has 1 aliphatic heterocycles. The summed E-state index contributed by atoms with van der Waals surface area (Å²) in [5.74, 6) is 1.43. The van der Waals surface area contributed by atoms with Gasteiger partial charge in [-0.3, -0.25) is 14.2 Å². The number of thioether (sulfide) groups is 1. The fraction of sp³-hybridized carbons (Fsp3) is 0.286. The quantitative estimate of drug-likeness (QED) is 0.496. The predicted octanol–water partition coefficient (Wildman–Crippen LogP) is 3.11. The lowest BCUT2D eigenvalue weighted by Crippen LogP contribution is -2.29. The van der Waals surface area contributed by atoms with Crippen LogP contribution in [0.2, 0.25) is 0 Å². The predicted molar refractivity (Wildman–Crippen MR) is 112 cm³/mol. The molecule has 0 radical (unpaired) electrons. The van der Waals surface area contributed by atoms with Crippen molar-refractivity contribution in [3.63, 3.8) is 0 Å². The summed E-state index contributed by atoms with van der Waals surface area (Å²) >= 11 is 1.26. The second-order valence-corrected chi connectivity index (χ2v) is 7.59. The lowest BCUT2D eigenvalue weighted by Gasteiger charge is -2.15. The van der Waals surface area contributed by atoms with Crippen molar-refractivity contribution in [2.75, 3.05) is 12.5 Å². The lowest BCUT2D eigenvalue weighted by atomic mass is 10.1. The molecule has 1 aromatic heterocycles. The Morgan fingerprint density at radius 2 is 2.03 bits per heavy atom. The van der Waals surface area contributed by atoms with Gasteiger partial charge in [-0.25, -0.2) is 4.98 Å². The molecular weight excluding hydrogens is 390 g/mol. The van der Waals surface area contributed by atoms with E-state index in [1.54, 1.807) is 10.6 Å². The lowest BCUT2D eigenvalue weighted by molar-refractivity contribution is -0.119. The van der Waals surface area contributed by atoms with Gasteiger partial charge in [0.1, 0.15) is 0 Å². The molecule has 1 atom stereocenters. The van der Waals surface area contributed by atoms with Crippen molar-refractivity contribution >= 4 is 28.6 Å². The number of rotatable bonds is 6. The van der Waals surface area contributed by atoms with Crippen molar-refractivity contribution in [1.29, 1.82) is 0 Å². The molecule has 8 heteroatoms. The molecule has 7 nitrogen and oxygen atoms in total. The monoisotopic (exact) mass is 411 g/mol. The first kappa shape index (κ1) is 19.3. The third-order valence-electron chi connectivity index (χ3n) is 4.75. The zero-order chi connectivity index (χ0) is 20.4. The van der Waals surface area contributed by atoms with Crippen LogP contribution >= 0.6 is 11.8 Å². The van der Waals surface area contributed by atoms with E-state index in [0.29, 0.717) is 34.1 Å². The maximum absolute atomic E-state index is 12.7. The Kier molecular flexibility index (Phi) is 5.44. The minimum Gasteiger partial charge on any atom is -0.454 e. The van der Waals surface area contributed by atoms with Gasteiger partial charge in [-0.1, -0.05) is 30.0 Å². The molecule has 0 aliphatic carbocycles. The fourth-order valence-electron chi connectivity index (χ4n) is 3.22. The van der Waals surface area contributed by atoms with Crippen LogP contribution in [0, 0.1) is 0 Å². The first-order valence-electron chi connectivity index (χ1n) is 9.38. The number of nitrogens with zero attached hydrogens (tertiary/aromatic N) is 2. The van der Waals surface area contributed by atoms with Crippen LogP contribution < -0.4 is 20.3 Å². The van der Waals surface area contributed by atoms with Crippen molar-refractivity contribution in [2.24, 2.45) is 0 Å². The number of carbonyl (C=O) groups is 1. The zero-order valence-electron chi connectivity index (χ0n) is 16.2. The van der Waals surface area contributed by atoms with Crippen LogP contribution in [0.4, 0.5) is 0 Å². The average Bonchev–Trinajstić information content (AvgIpc) is 3.20. The molecule has 1 amide bonds. The normalized spacial score (nSPS) is 13.4. The summed E-state index contributed by atoms with van der Waals surface area (Å²) in [6.45, 7) is 4.52. The van der Waals surface area contributed by atoms with E-state index in [1.165, 1.54) is 11.8 Å². The highest BCUT2D eigenvalue weighted by Gasteiger charge is 2.18. The molecule has 2 heterocycles. The first-order valence-corrected chi connectivity index (χ1v) is 10.4. The Morgan fingerprint density at radius 1 is 1.24 bits per heavy atom. The number of nitrogens with one attached hydrogen (secondary N) is 1. The summed E-state index contributed by atoms with van der Waals surface area (Å²) in [6.07, 6.45) is 0. The Balaban J connectivity index is 1.45. The number of fused-ring (bicyclic) bond motifs is 2. The third kappa shape index (κ3) is 3.93. The number of ether oxygens (including phenoxy) is 2. The summed E-state index contributed by atoms with van der Waals surface area (Å²) in [5, 5.41) is 4.10. The van der Waals surface area contributed by atoms with Crippen LogP contribution in [0.25, 0.3) is 10.9 Å². The molecular formula is C21H21N3O4S. The highest BCUT2D eigenvalue weighted by Crippen LogP contribution is 2.34. The van der Waals surface area contributed by atoms with Gasteiger partial charge in [-0.05, 0) is 43.7 Å². The van der Waals surface area contributed by atoms with Crippen LogP contribution in [0.3, 0.4) is 0 Å². The van der Waals surface area contributed by atoms with Gasteiger partial charge in [0.25, 0.3) is 5.56 Å². The van der Waals surface area contributed by atoms with E-state index in [2.05, 4.69) is 10.3 Å². The van der Waals surface area contributed by atoms with Gasteiger partial charge < -0.3 is 14.8 Å². The van der Waals surface area contributed by atoms with Crippen molar-refractivity contribution in [1.82, 2.24) is 14.9 Å². The van der Waals surface area contributed by atoms with Gasteiger partial charge in [-0.2, -0.15) is 0 Å². The summed E-state index contributed by atoms with van der Waals surface area (Å²) in [4.78, 5) is 29.7. The molecule has 150 valence electrons. The molecule has 0 saturated heterocycles. The smallest absolute Gasteiger partial charge is 0.262 e. The van der Waals surface area contributed by atoms with Gasteiger partial charge >= 0.3 is 0 Å². The molecule has 0 bridgehead atoms. The van der Waals surface area contributed by atoms with Crippen LogP contribution in [0.1, 0.15) is 25.5 Å². The molecule has 2 aromatic carbocycles. The van der Waals surface area contributed by atoms with E-state index in [4.69, 9.17) is 9.47 Å². The number of para-hydroxylation sites is 1. The zero-order valence-corrected chi connectivity index (χ0v) is 17.0. The van der Waals surface area contributed by atoms with E-state index in [9.17, 15) is 9.59 Å². The summed E-state index contributed by atoms with van der Waals surface area (Å²) in [7, 11) is 0. The van der Waals surface area contributed by atoms with Gasteiger partial charge in [0.05, 0.1) is 22.7 Å². The molecule has 1 aliphatic rings. The number of amides is 1. The number of carbonyl (C=O) groups excluding carboxylic acids is 1. The maximum Gasteiger partial charge on any atom is 0.262 e. The third-order valence-corrected chi connectivity index (χ3v) is 5.73. The van der Waals surface area contributed by atoms with Crippen molar-refractivity contribution in [3.8, 4) is 11.5 Å². The Morgan fingerprint density at radius 3 is 2.86 bits per heavy atom. The van der Waals surface area contributed by atoms with Crippen LogP contribution in [0.5, 0.6) is 11.5 Å². The number of aromatic nitrogens is 2. The van der Waals surface area contributed by atoms with Crippen LogP contribution in [-0.2, 0) is 11.3 Å². The van der Waals surface area contributed by atoms with Crippen LogP contribution in [-0.4, -0.2) is 28.0 Å². The summed E-state index contributed by atoms with van der Waals surface area (Å²) in [5.41, 5.74) is 1.48. The van der Waals surface area contributed by atoms with Gasteiger partial charge in [-0.15, -0.1) is 0 Å². The molecule has 29 heavy (non-hydrogen) atoms. The molecule has 3 aromatic rings. The molecule has 0 spiro atoms. The number of hydrogen-bond acceptors (Lipinski definition) is 6. The van der Waals surface area contributed by atoms with E-state index in [-0.39, 0.29) is 30.1 Å². The fourth-order valence-corrected chi connectivity index (χ4v) is 4.09. The van der Waals surface area contributed by atoms with Gasteiger partial charge in [0.2, 0.25) is 12.7 Å². The van der Waals surface area contributed by atoms with E-state index in [0.717, 1.165) is 5.56 Å². The highest BCUT2D eigenvalue weighted by molar-refractivity contribution is 7.99. The van der Waals surface area contributed by atoms with E-state index in [1.807, 2.05) is 50.2 Å². The number of benzene rings is 2. The molecule has 4 rings (SSSR count). The standard InChI is InChI=1S/C21H21N3O4S/c1-3-24-20(26)15-6-4-5-7-16(15)23-21(24)29-11-19(25)22-13(2)14-8-9-17-18(10-14)28-12-27-17/h4-10,13H,3,11-12H2,1-2H3,(H,22,25)/t13-/m1/s1. The Hall–Kier alpha value is -3.00. The van der Waals surface area contributed by atoms with E-state index < -0.39 is 0 Å².